The van der Waals surface area contributed by atoms with Crippen LogP contribution >= 0.6 is 11.6 Å². The fourth-order valence-corrected chi connectivity index (χ4v) is 2.76. The van der Waals surface area contributed by atoms with Gasteiger partial charge in [0, 0.05) is 13.1 Å². The normalized spacial score (nSPS) is 22.0. The molecular weight excluding hydrogens is 282 g/mol. The van der Waals surface area contributed by atoms with Crippen molar-refractivity contribution in [2.75, 3.05) is 13.1 Å². The molecule has 1 N–H and O–H groups in total. The van der Waals surface area contributed by atoms with Crippen molar-refractivity contribution in [3.8, 4) is 0 Å². The molecule has 0 radical (unpaired) electrons. The first-order chi connectivity index (χ1) is 9.48. The Bertz CT molecular complexity index is 537. The van der Waals surface area contributed by atoms with E-state index in [0.717, 1.165) is 6.42 Å². The van der Waals surface area contributed by atoms with Crippen LogP contribution in [-0.2, 0) is 4.79 Å². The molecule has 1 atom stereocenters. The smallest absolute Gasteiger partial charge is 0.311 e. The van der Waals surface area contributed by atoms with Gasteiger partial charge in [0.1, 0.15) is 10.8 Å². The highest BCUT2D eigenvalue weighted by molar-refractivity contribution is 6.29. The second kappa shape index (κ2) is 5.75. The highest BCUT2D eigenvalue weighted by atomic mass is 35.5. The molecule has 1 aromatic rings. The number of nitrogens with zero attached hydrogens (tertiary/aromatic N) is 3. The Morgan fingerprint density at radius 2 is 2.25 bits per heavy atom. The molecule has 0 aromatic carbocycles. The molecule has 108 valence electrons. The van der Waals surface area contributed by atoms with Crippen molar-refractivity contribution in [3.05, 3.63) is 23.2 Å². The molecule has 1 amide bonds. The van der Waals surface area contributed by atoms with E-state index in [-0.39, 0.29) is 23.3 Å². The van der Waals surface area contributed by atoms with Crippen LogP contribution in [-0.4, -0.2) is 44.9 Å². The Balaban J connectivity index is 2.16. The lowest BCUT2D eigenvalue weighted by Crippen LogP contribution is -2.37. The standard InChI is InChI=1S/C13H16ClN3O3/c1-2-3-13(12(19)20)4-5-17(8-13)11(18)9-6-15-7-10(14)16-9/h6-7H,2-5,8H2,1H3,(H,19,20). The van der Waals surface area contributed by atoms with E-state index in [1.165, 1.54) is 17.3 Å². The number of carboxylic acid groups (broad SMARTS) is 1. The average molecular weight is 298 g/mol. The Morgan fingerprint density at radius 3 is 2.85 bits per heavy atom. The van der Waals surface area contributed by atoms with Crippen LogP contribution in [0.3, 0.4) is 0 Å². The molecule has 1 aliphatic rings. The molecule has 0 aliphatic carbocycles. The van der Waals surface area contributed by atoms with Crippen LogP contribution in [0.5, 0.6) is 0 Å². The highest BCUT2D eigenvalue weighted by Gasteiger charge is 2.45. The van der Waals surface area contributed by atoms with Gasteiger partial charge in [0.05, 0.1) is 17.8 Å². The zero-order valence-electron chi connectivity index (χ0n) is 11.2. The van der Waals surface area contributed by atoms with Crippen molar-refractivity contribution in [2.45, 2.75) is 26.2 Å². The van der Waals surface area contributed by atoms with Crippen LogP contribution in [0.1, 0.15) is 36.7 Å². The van der Waals surface area contributed by atoms with Crippen molar-refractivity contribution in [2.24, 2.45) is 5.41 Å². The summed E-state index contributed by atoms with van der Waals surface area (Å²) in [6, 6.07) is 0. The third-order valence-corrected chi connectivity index (χ3v) is 3.83. The van der Waals surface area contributed by atoms with Gasteiger partial charge in [-0.2, -0.15) is 0 Å². The van der Waals surface area contributed by atoms with Crippen LogP contribution in [0.15, 0.2) is 12.4 Å². The molecule has 7 heteroatoms. The van der Waals surface area contributed by atoms with Crippen LogP contribution < -0.4 is 0 Å². The Hall–Kier alpha value is -1.69. The number of halogens is 1. The van der Waals surface area contributed by atoms with Gasteiger partial charge in [-0.15, -0.1) is 0 Å². The second-order valence-electron chi connectivity index (χ2n) is 5.04. The van der Waals surface area contributed by atoms with E-state index in [1.807, 2.05) is 6.92 Å². The summed E-state index contributed by atoms with van der Waals surface area (Å²) < 4.78 is 0. The van der Waals surface area contributed by atoms with E-state index in [1.54, 1.807) is 0 Å². The summed E-state index contributed by atoms with van der Waals surface area (Å²) >= 11 is 5.71. The van der Waals surface area contributed by atoms with Crippen LogP contribution in [0.4, 0.5) is 0 Å². The van der Waals surface area contributed by atoms with Crippen molar-refractivity contribution in [3.63, 3.8) is 0 Å². The van der Waals surface area contributed by atoms with Crippen molar-refractivity contribution in [1.82, 2.24) is 14.9 Å². The maximum absolute atomic E-state index is 12.3. The van der Waals surface area contributed by atoms with Gasteiger partial charge in [-0.05, 0) is 12.8 Å². The van der Waals surface area contributed by atoms with Gasteiger partial charge >= 0.3 is 5.97 Å². The first-order valence-electron chi connectivity index (χ1n) is 6.49. The number of hydrogen-bond acceptors (Lipinski definition) is 4. The van der Waals surface area contributed by atoms with Gasteiger partial charge in [0.2, 0.25) is 0 Å². The molecule has 1 fully saturated rings. The molecule has 1 saturated heterocycles. The van der Waals surface area contributed by atoms with E-state index >= 15 is 0 Å². The lowest BCUT2D eigenvalue weighted by Gasteiger charge is -2.24. The second-order valence-corrected chi connectivity index (χ2v) is 5.43. The zero-order chi connectivity index (χ0) is 14.8. The predicted octanol–water partition coefficient (Wildman–Crippen LogP) is 1.85. The van der Waals surface area contributed by atoms with Gasteiger partial charge in [0.25, 0.3) is 5.91 Å². The minimum Gasteiger partial charge on any atom is -0.481 e. The molecule has 1 unspecified atom stereocenters. The number of aliphatic carboxylic acids is 1. The zero-order valence-corrected chi connectivity index (χ0v) is 11.9. The highest BCUT2D eigenvalue weighted by Crippen LogP contribution is 2.36. The summed E-state index contributed by atoms with van der Waals surface area (Å²) in [6.07, 6.45) is 4.49. The summed E-state index contributed by atoms with van der Waals surface area (Å²) in [5.74, 6) is -1.16. The number of hydrogen-bond donors (Lipinski definition) is 1. The fraction of sp³-hybridized carbons (Fsp3) is 0.538. The number of amides is 1. The average Bonchev–Trinajstić information content (AvgIpc) is 2.84. The topological polar surface area (TPSA) is 83.4 Å². The number of likely N-dealkylation sites (tertiary alicyclic amines) is 1. The Morgan fingerprint density at radius 1 is 1.50 bits per heavy atom. The monoisotopic (exact) mass is 297 g/mol. The largest absolute Gasteiger partial charge is 0.481 e. The van der Waals surface area contributed by atoms with Gasteiger partial charge in [-0.3, -0.25) is 14.6 Å². The van der Waals surface area contributed by atoms with Gasteiger partial charge in [-0.25, -0.2) is 4.98 Å². The first-order valence-corrected chi connectivity index (χ1v) is 6.86. The van der Waals surface area contributed by atoms with Crippen LogP contribution in [0.25, 0.3) is 0 Å². The molecule has 0 saturated carbocycles. The minimum atomic E-state index is -0.841. The van der Waals surface area contributed by atoms with Gasteiger partial charge < -0.3 is 10.0 Å². The van der Waals surface area contributed by atoms with E-state index < -0.39 is 11.4 Å². The first kappa shape index (κ1) is 14.7. The predicted molar refractivity (Wildman–Crippen MR) is 72.5 cm³/mol. The molecular formula is C13H16ClN3O3. The Labute approximate surface area is 121 Å². The molecule has 2 rings (SSSR count). The van der Waals surface area contributed by atoms with Crippen molar-refractivity contribution in [1.29, 1.82) is 0 Å². The maximum atomic E-state index is 12.3. The van der Waals surface area contributed by atoms with Gasteiger partial charge in [-0.1, -0.05) is 24.9 Å². The van der Waals surface area contributed by atoms with Crippen molar-refractivity contribution >= 4 is 23.5 Å². The summed E-state index contributed by atoms with van der Waals surface area (Å²) in [6.45, 7) is 2.57. The lowest BCUT2D eigenvalue weighted by atomic mass is 9.83. The molecule has 20 heavy (non-hydrogen) atoms. The molecule has 2 heterocycles. The van der Waals surface area contributed by atoms with E-state index in [2.05, 4.69) is 9.97 Å². The number of carbonyl (C=O) groups is 2. The number of carboxylic acids is 1. The third kappa shape index (κ3) is 2.75. The number of carbonyl (C=O) groups excluding carboxylic acids is 1. The molecule has 1 aromatic heterocycles. The summed E-state index contributed by atoms with van der Waals surface area (Å²) in [7, 11) is 0. The van der Waals surface area contributed by atoms with Crippen molar-refractivity contribution < 1.29 is 14.7 Å². The Kier molecular flexibility index (Phi) is 4.23. The third-order valence-electron chi connectivity index (χ3n) is 3.65. The molecule has 6 nitrogen and oxygen atoms in total. The summed E-state index contributed by atoms with van der Waals surface area (Å²) in [5.41, 5.74) is -0.689. The van der Waals surface area contributed by atoms with Gasteiger partial charge in [0.15, 0.2) is 0 Å². The molecule has 0 bridgehead atoms. The van der Waals surface area contributed by atoms with Crippen LogP contribution in [0.2, 0.25) is 5.15 Å². The lowest BCUT2D eigenvalue weighted by molar-refractivity contribution is -0.148. The summed E-state index contributed by atoms with van der Waals surface area (Å²) in [4.78, 5) is 33.0. The molecule has 0 spiro atoms. The van der Waals surface area contributed by atoms with Crippen LogP contribution in [0, 0.1) is 5.41 Å². The van der Waals surface area contributed by atoms with E-state index in [9.17, 15) is 14.7 Å². The van der Waals surface area contributed by atoms with E-state index in [0.29, 0.717) is 19.4 Å². The maximum Gasteiger partial charge on any atom is 0.311 e. The minimum absolute atomic E-state index is 0.146. The molecule has 1 aliphatic heterocycles. The SMILES string of the molecule is CCCC1(C(=O)O)CCN(C(=O)c2cncc(Cl)n2)C1. The van der Waals surface area contributed by atoms with E-state index in [4.69, 9.17) is 11.6 Å². The fourth-order valence-electron chi connectivity index (χ4n) is 2.62. The number of aromatic nitrogens is 2. The number of rotatable bonds is 4. The quantitative estimate of drug-likeness (QED) is 0.917. The summed E-state index contributed by atoms with van der Waals surface area (Å²) in [5, 5.41) is 9.57.